The van der Waals surface area contributed by atoms with E-state index in [9.17, 15) is 14.7 Å². The SMILES string of the molecule is O=C(/C=C(/C(=O)[O-])c1ccccc1)Nc1ccc(N2CCN(c3ccccc3)CC2)cc1. The smallest absolute Gasteiger partial charge is 0.249 e. The van der Waals surface area contributed by atoms with Gasteiger partial charge in [0.2, 0.25) is 5.91 Å². The summed E-state index contributed by atoms with van der Waals surface area (Å²) >= 11 is 0. The van der Waals surface area contributed by atoms with Crippen molar-refractivity contribution in [1.82, 2.24) is 0 Å². The highest BCUT2D eigenvalue weighted by Crippen LogP contribution is 2.22. The second kappa shape index (κ2) is 9.83. The maximum Gasteiger partial charge on any atom is 0.249 e. The molecule has 4 rings (SSSR count). The third-order valence-corrected chi connectivity index (χ3v) is 5.48. The Hall–Kier alpha value is -4.06. The third kappa shape index (κ3) is 5.16. The van der Waals surface area contributed by atoms with Gasteiger partial charge >= 0.3 is 0 Å². The number of benzene rings is 3. The summed E-state index contributed by atoms with van der Waals surface area (Å²) in [7, 11) is 0. The Kier molecular flexibility index (Phi) is 6.51. The third-order valence-electron chi connectivity index (χ3n) is 5.48. The number of nitrogens with zero attached hydrogens (tertiary/aromatic N) is 2. The van der Waals surface area contributed by atoms with Gasteiger partial charge in [-0.05, 0) is 42.0 Å². The van der Waals surface area contributed by atoms with Gasteiger partial charge in [-0.15, -0.1) is 0 Å². The van der Waals surface area contributed by atoms with E-state index in [2.05, 4.69) is 39.4 Å². The van der Waals surface area contributed by atoms with Crippen LogP contribution in [-0.4, -0.2) is 38.1 Å². The molecule has 1 heterocycles. The Balaban J connectivity index is 1.37. The van der Waals surface area contributed by atoms with E-state index in [1.807, 2.05) is 30.3 Å². The van der Waals surface area contributed by atoms with Crippen molar-refractivity contribution in [3.8, 4) is 0 Å². The molecule has 3 aromatic rings. The molecule has 162 valence electrons. The molecule has 6 heteroatoms. The lowest BCUT2D eigenvalue weighted by Gasteiger charge is -2.37. The molecule has 1 aliphatic rings. The van der Waals surface area contributed by atoms with Crippen molar-refractivity contribution in [2.75, 3.05) is 41.3 Å². The zero-order valence-corrected chi connectivity index (χ0v) is 17.6. The molecule has 0 bridgehead atoms. The zero-order valence-electron chi connectivity index (χ0n) is 17.6. The van der Waals surface area contributed by atoms with Gasteiger partial charge in [-0.2, -0.15) is 0 Å². The molecule has 3 aromatic carbocycles. The highest BCUT2D eigenvalue weighted by Gasteiger charge is 2.17. The van der Waals surface area contributed by atoms with Gasteiger partial charge in [0.25, 0.3) is 0 Å². The van der Waals surface area contributed by atoms with Crippen LogP contribution in [0, 0.1) is 0 Å². The lowest BCUT2D eigenvalue weighted by molar-refractivity contribution is -0.295. The van der Waals surface area contributed by atoms with Crippen LogP contribution in [0.4, 0.5) is 17.1 Å². The fraction of sp³-hybridized carbons (Fsp3) is 0.154. The molecular formula is C26H24N3O3-. The number of anilines is 3. The van der Waals surface area contributed by atoms with E-state index >= 15 is 0 Å². The minimum Gasteiger partial charge on any atom is -0.545 e. The van der Waals surface area contributed by atoms with Crippen LogP contribution in [0.1, 0.15) is 5.56 Å². The fourth-order valence-corrected chi connectivity index (χ4v) is 3.80. The van der Waals surface area contributed by atoms with Crippen molar-refractivity contribution in [3.63, 3.8) is 0 Å². The van der Waals surface area contributed by atoms with Gasteiger partial charge in [-0.1, -0.05) is 48.5 Å². The lowest BCUT2D eigenvalue weighted by atomic mass is 10.1. The lowest BCUT2D eigenvalue weighted by Crippen LogP contribution is -2.46. The summed E-state index contributed by atoms with van der Waals surface area (Å²) in [4.78, 5) is 28.5. The molecular weight excluding hydrogens is 402 g/mol. The zero-order chi connectivity index (χ0) is 22.3. The number of nitrogens with one attached hydrogen (secondary N) is 1. The van der Waals surface area contributed by atoms with Gasteiger partial charge in [0.05, 0.1) is 5.97 Å². The number of carbonyl (C=O) groups excluding carboxylic acids is 2. The molecule has 1 saturated heterocycles. The molecule has 1 fully saturated rings. The van der Waals surface area contributed by atoms with Crippen LogP contribution >= 0.6 is 0 Å². The average Bonchev–Trinajstić information content (AvgIpc) is 2.84. The number of piperazine rings is 1. The molecule has 1 aliphatic heterocycles. The highest BCUT2D eigenvalue weighted by atomic mass is 16.4. The minimum atomic E-state index is -1.39. The molecule has 0 unspecified atom stereocenters. The van der Waals surface area contributed by atoms with Crippen LogP contribution in [0.5, 0.6) is 0 Å². The average molecular weight is 426 g/mol. The number of aliphatic carboxylic acids is 1. The molecule has 0 saturated carbocycles. The van der Waals surface area contributed by atoms with Crippen molar-refractivity contribution in [2.24, 2.45) is 0 Å². The molecule has 0 aliphatic carbocycles. The van der Waals surface area contributed by atoms with Crippen molar-refractivity contribution >= 4 is 34.5 Å². The van der Waals surface area contributed by atoms with Crippen LogP contribution in [0.2, 0.25) is 0 Å². The predicted octanol–water partition coefficient (Wildman–Crippen LogP) is 2.79. The molecule has 0 aromatic heterocycles. The normalized spacial score (nSPS) is 14.2. The number of para-hydroxylation sites is 1. The van der Waals surface area contributed by atoms with Crippen LogP contribution in [0.15, 0.2) is 91.0 Å². The van der Waals surface area contributed by atoms with E-state index in [-0.39, 0.29) is 5.57 Å². The van der Waals surface area contributed by atoms with E-state index in [0.717, 1.165) is 37.9 Å². The Morgan fingerprint density at radius 2 is 1.22 bits per heavy atom. The van der Waals surface area contributed by atoms with Crippen LogP contribution < -0.4 is 20.2 Å². The summed E-state index contributed by atoms with van der Waals surface area (Å²) in [6.45, 7) is 3.71. The molecule has 6 nitrogen and oxygen atoms in total. The highest BCUT2D eigenvalue weighted by molar-refractivity contribution is 6.21. The van der Waals surface area contributed by atoms with E-state index in [4.69, 9.17) is 0 Å². The quantitative estimate of drug-likeness (QED) is 0.614. The topological polar surface area (TPSA) is 75.7 Å². The predicted molar refractivity (Wildman–Crippen MR) is 125 cm³/mol. The van der Waals surface area contributed by atoms with Gasteiger partial charge in [0.1, 0.15) is 0 Å². The summed E-state index contributed by atoms with van der Waals surface area (Å²) in [6, 6.07) is 26.4. The minimum absolute atomic E-state index is 0.156. The number of rotatable bonds is 6. The molecule has 1 N–H and O–H groups in total. The fourth-order valence-electron chi connectivity index (χ4n) is 3.80. The summed E-state index contributed by atoms with van der Waals surface area (Å²) in [5, 5.41) is 14.2. The van der Waals surface area contributed by atoms with Gasteiger partial charge in [-0.3, -0.25) is 4.79 Å². The van der Waals surface area contributed by atoms with Crippen molar-refractivity contribution in [1.29, 1.82) is 0 Å². The summed E-state index contributed by atoms with van der Waals surface area (Å²) < 4.78 is 0. The first kappa shape index (κ1) is 21.2. The second-order valence-electron chi connectivity index (χ2n) is 7.56. The first-order valence-corrected chi connectivity index (χ1v) is 10.5. The number of hydrogen-bond donors (Lipinski definition) is 1. The number of carboxylic acids is 1. The maximum absolute atomic E-state index is 12.4. The summed E-state index contributed by atoms with van der Waals surface area (Å²) in [6.07, 6.45) is 1.06. The van der Waals surface area contributed by atoms with Crippen molar-refractivity contribution in [3.05, 3.63) is 96.6 Å². The van der Waals surface area contributed by atoms with E-state index < -0.39 is 11.9 Å². The Bertz CT molecular complexity index is 1090. The Morgan fingerprint density at radius 1 is 0.719 bits per heavy atom. The first-order chi connectivity index (χ1) is 15.6. The molecule has 0 atom stereocenters. The Morgan fingerprint density at radius 3 is 1.75 bits per heavy atom. The van der Waals surface area contributed by atoms with E-state index in [1.165, 1.54) is 5.69 Å². The van der Waals surface area contributed by atoms with Crippen molar-refractivity contribution in [2.45, 2.75) is 0 Å². The van der Waals surface area contributed by atoms with Crippen LogP contribution in [-0.2, 0) is 9.59 Å². The largest absolute Gasteiger partial charge is 0.545 e. The molecule has 0 spiro atoms. The number of carbonyl (C=O) groups is 2. The van der Waals surface area contributed by atoms with Crippen LogP contribution in [0.3, 0.4) is 0 Å². The van der Waals surface area contributed by atoms with Gasteiger partial charge in [-0.25, -0.2) is 0 Å². The summed E-state index contributed by atoms with van der Waals surface area (Å²) in [5.41, 5.74) is 3.20. The van der Waals surface area contributed by atoms with Gasteiger partial charge in [0, 0.05) is 54.9 Å². The number of amides is 1. The molecule has 0 radical (unpaired) electrons. The molecule has 32 heavy (non-hydrogen) atoms. The summed E-state index contributed by atoms with van der Waals surface area (Å²) in [5.74, 6) is -1.91. The standard InChI is InChI=1S/C26H25N3O3/c30-25(19-24(26(31)32)20-7-3-1-4-8-20)27-21-11-13-23(14-12-21)29-17-15-28(16-18-29)22-9-5-2-6-10-22/h1-14,19H,15-18H2,(H,27,30)(H,31,32)/p-1/b24-19+. The first-order valence-electron chi connectivity index (χ1n) is 10.5. The number of hydrogen-bond acceptors (Lipinski definition) is 5. The second-order valence-corrected chi connectivity index (χ2v) is 7.56. The van der Waals surface area contributed by atoms with Crippen LogP contribution in [0.25, 0.3) is 5.57 Å². The maximum atomic E-state index is 12.4. The molecule has 1 amide bonds. The van der Waals surface area contributed by atoms with E-state index in [0.29, 0.717) is 11.3 Å². The number of carboxylic acid groups (broad SMARTS) is 1. The Labute approximate surface area is 187 Å². The monoisotopic (exact) mass is 426 g/mol. The van der Waals surface area contributed by atoms with Crippen molar-refractivity contribution < 1.29 is 14.7 Å². The van der Waals surface area contributed by atoms with E-state index in [1.54, 1.807) is 30.3 Å². The van der Waals surface area contributed by atoms with Gasteiger partial charge < -0.3 is 25.0 Å². The van der Waals surface area contributed by atoms with Gasteiger partial charge in [0.15, 0.2) is 0 Å².